The van der Waals surface area contributed by atoms with Gasteiger partial charge in [0.25, 0.3) is 5.69 Å². The number of aliphatic imine (C=N–C) groups is 1. The summed E-state index contributed by atoms with van der Waals surface area (Å²) in [6, 6.07) is 9.35. The van der Waals surface area contributed by atoms with Gasteiger partial charge in [-0.25, -0.2) is 9.79 Å². The van der Waals surface area contributed by atoms with Crippen LogP contribution in [0.4, 0.5) is 5.69 Å². The third kappa shape index (κ3) is 4.77. The van der Waals surface area contributed by atoms with Crippen LogP contribution in [-0.2, 0) is 9.53 Å². The monoisotopic (exact) mass is 430 g/mol. The van der Waals surface area contributed by atoms with Crippen LogP contribution in [0.5, 0.6) is 11.5 Å². The van der Waals surface area contributed by atoms with Crippen molar-refractivity contribution in [3.63, 3.8) is 0 Å². The molecule has 0 N–H and O–H groups in total. The molecule has 0 aliphatic carbocycles. The quantitative estimate of drug-likeness (QED) is 0.258. The van der Waals surface area contributed by atoms with Crippen LogP contribution in [0.3, 0.4) is 0 Å². The van der Waals surface area contributed by atoms with Gasteiger partial charge in [0.05, 0.1) is 18.1 Å². The third-order valence-electron chi connectivity index (χ3n) is 4.04. The third-order valence-corrected chi connectivity index (χ3v) is 4.36. The molecule has 0 saturated carbocycles. The number of carbonyl (C=O) groups is 1. The number of carbonyl (C=O) groups excluding carboxylic acids is 1. The Morgan fingerprint density at radius 2 is 1.97 bits per heavy atom. The molecule has 156 valence electrons. The molecule has 0 radical (unpaired) electrons. The summed E-state index contributed by atoms with van der Waals surface area (Å²) in [5, 5.41) is 11.1. The second-order valence-corrected chi connectivity index (χ2v) is 6.65. The first-order valence-electron chi connectivity index (χ1n) is 9.29. The number of esters is 1. The minimum absolute atomic E-state index is 0.0155. The molecule has 0 amide bonds. The van der Waals surface area contributed by atoms with Crippen LogP contribution in [-0.4, -0.2) is 30.0 Å². The molecule has 1 aliphatic rings. The largest absolute Gasteiger partial charge is 0.490 e. The van der Waals surface area contributed by atoms with E-state index in [9.17, 15) is 14.9 Å². The van der Waals surface area contributed by atoms with Gasteiger partial charge in [-0.3, -0.25) is 10.1 Å². The van der Waals surface area contributed by atoms with E-state index in [-0.39, 0.29) is 27.9 Å². The molecule has 0 fully saturated rings. The Kier molecular flexibility index (Phi) is 6.68. The summed E-state index contributed by atoms with van der Waals surface area (Å²) in [7, 11) is 0. The smallest absolute Gasteiger partial charge is 0.363 e. The zero-order valence-corrected chi connectivity index (χ0v) is 17.1. The zero-order valence-electron chi connectivity index (χ0n) is 16.4. The van der Waals surface area contributed by atoms with Gasteiger partial charge in [-0.05, 0) is 49.2 Å². The number of hydrogen-bond donors (Lipinski definition) is 0. The average Bonchev–Trinajstić information content (AvgIpc) is 3.08. The predicted molar refractivity (Wildman–Crippen MR) is 112 cm³/mol. The Balaban J connectivity index is 1.91. The second kappa shape index (κ2) is 9.41. The number of nitro groups is 1. The van der Waals surface area contributed by atoms with E-state index in [1.807, 2.05) is 13.8 Å². The van der Waals surface area contributed by atoms with Crippen LogP contribution in [0.15, 0.2) is 47.1 Å². The summed E-state index contributed by atoms with van der Waals surface area (Å²) in [5.41, 5.74) is 0.712. The molecule has 0 unspecified atom stereocenters. The number of ether oxygens (including phenoxy) is 3. The fourth-order valence-electron chi connectivity index (χ4n) is 2.69. The summed E-state index contributed by atoms with van der Waals surface area (Å²) in [5.74, 6) is 0.488. The second-order valence-electron chi connectivity index (χ2n) is 6.25. The average molecular weight is 431 g/mol. The molecule has 8 nitrogen and oxygen atoms in total. The molecule has 1 aliphatic heterocycles. The molecule has 0 bridgehead atoms. The highest BCUT2D eigenvalue weighted by molar-refractivity contribution is 6.32. The van der Waals surface area contributed by atoms with Crippen molar-refractivity contribution in [3.8, 4) is 11.5 Å². The zero-order chi connectivity index (χ0) is 21.7. The van der Waals surface area contributed by atoms with Gasteiger partial charge in [-0.2, -0.15) is 0 Å². The fourth-order valence-corrected chi connectivity index (χ4v) is 2.88. The van der Waals surface area contributed by atoms with Crippen molar-refractivity contribution in [2.75, 3.05) is 13.2 Å². The van der Waals surface area contributed by atoms with Crippen molar-refractivity contribution < 1.29 is 23.9 Å². The van der Waals surface area contributed by atoms with Crippen LogP contribution >= 0.6 is 11.6 Å². The molecule has 2 aromatic carbocycles. The highest BCUT2D eigenvalue weighted by Gasteiger charge is 2.26. The maximum atomic E-state index is 12.2. The van der Waals surface area contributed by atoms with Crippen LogP contribution in [0.25, 0.3) is 6.08 Å². The van der Waals surface area contributed by atoms with E-state index in [1.165, 1.54) is 18.2 Å². The molecule has 0 aromatic heterocycles. The molecule has 0 saturated heterocycles. The highest BCUT2D eigenvalue weighted by atomic mass is 35.5. The number of rotatable bonds is 8. The van der Waals surface area contributed by atoms with Gasteiger partial charge in [0.2, 0.25) is 5.90 Å². The summed E-state index contributed by atoms with van der Waals surface area (Å²) >= 11 is 5.82. The first kappa shape index (κ1) is 21.3. The minimum Gasteiger partial charge on any atom is -0.490 e. The number of nitro benzene ring substituents is 1. The lowest BCUT2D eigenvalue weighted by Gasteiger charge is -2.12. The minimum atomic E-state index is -0.660. The summed E-state index contributed by atoms with van der Waals surface area (Å²) < 4.78 is 16.5. The van der Waals surface area contributed by atoms with Crippen LogP contribution in [0, 0.1) is 10.1 Å². The molecule has 0 atom stereocenters. The number of cyclic esters (lactones) is 1. The number of nitrogens with zero attached hydrogens (tertiary/aromatic N) is 2. The maximum Gasteiger partial charge on any atom is 0.363 e. The molecule has 30 heavy (non-hydrogen) atoms. The van der Waals surface area contributed by atoms with E-state index >= 15 is 0 Å². The van der Waals surface area contributed by atoms with Crippen molar-refractivity contribution >= 4 is 35.2 Å². The van der Waals surface area contributed by atoms with Crippen LogP contribution in [0.1, 0.15) is 31.4 Å². The van der Waals surface area contributed by atoms with E-state index in [0.717, 1.165) is 6.42 Å². The first-order chi connectivity index (χ1) is 14.4. The van der Waals surface area contributed by atoms with Crippen LogP contribution in [0.2, 0.25) is 5.02 Å². The van der Waals surface area contributed by atoms with E-state index < -0.39 is 10.9 Å². The lowest BCUT2D eigenvalue weighted by atomic mass is 10.1. The number of benzene rings is 2. The number of hydrogen-bond acceptors (Lipinski definition) is 7. The van der Waals surface area contributed by atoms with Crippen LogP contribution < -0.4 is 9.47 Å². The van der Waals surface area contributed by atoms with Crippen molar-refractivity contribution in [1.82, 2.24) is 0 Å². The normalized spacial score (nSPS) is 14.4. The van der Waals surface area contributed by atoms with E-state index in [4.69, 9.17) is 25.8 Å². The van der Waals surface area contributed by atoms with Gasteiger partial charge in [0.1, 0.15) is 5.02 Å². The Hall–Kier alpha value is -3.39. The molecular formula is C21H19ClN2O6. The van der Waals surface area contributed by atoms with Gasteiger partial charge in [0, 0.05) is 11.6 Å². The highest BCUT2D eigenvalue weighted by Crippen LogP contribution is 2.31. The molecule has 2 aromatic rings. The molecule has 0 spiro atoms. The Morgan fingerprint density at radius 1 is 1.17 bits per heavy atom. The van der Waals surface area contributed by atoms with Crippen molar-refractivity contribution in [3.05, 3.63) is 68.4 Å². The van der Waals surface area contributed by atoms with E-state index in [1.54, 1.807) is 24.3 Å². The Bertz CT molecular complexity index is 1050. The fraction of sp³-hybridized carbons (Fsp3) is 0.238. The lowest BCUT2D eigenvalue weighted by molar-refractivity contribution is -0.384. The van der Waals surface area contributed by atoms with Gasteiger partial charge < -0.3 is 14.2 Å². The molecule has 1 heterocycles. The Morgan fingerprint density at radius 3 is 2.67 bits per heavy atom. The summed E-state index contributed by atoms with van der Waals surface area (Å²) in [4.78, 5) is 26.9. The molecular weight excluding hydrogens is 412 g/mol. The van der Waals surface area contributed by atoms with Gasteiger partial charge in [-0.15, -0.1) is 0 Å². The maximum absolute atomic E-state index is 12.2. The summed E-state index contributed by atoms with van der Waals surface area (Å²) in [6.07, 6.45) is 2.41. The van der Waals surface area contributed by atoms with Gasteiger partial charge >= 0.3 is 5.97 Å². The van der Waals surface area contributed by atoms with Crippen molar-refractivity contribution in [2.45, 2.75) is 20.3 Å². The van der Waals surface area contributed by atoms with E-state index in [0.29, 0.717) is 30.3 Å². The molecule has 3 rings (SSSR count). The van der Waals surface area contributed by atoms with Crippen molar-refractivity contribution in [1.29, 1.82) is 0 Å². The van der Waals surface area contributed by atoms with E-state index in [2.05, 4.69) is 4.99 Å². The SMILES string of the molecule is CCCOc1ccc(/C=C2\N=C(c3ccc(Cl)c([N+](=O)[O-])c3)OC2=O)cc1OCC. The lowest BCUT2D eigenvalue weighted by Crippen LogP contribution is -2.06. The Labute approximate surface area is 177 Å². The topological polar surface area (TPSA) is 100 Å². The molecule has 9 heteroatoms. The van der Waals surface area contributed by atoms with Crippen molar-refractivity contribution in [2.24, 2.45) is 4.99 Å². The van der Waals surface area contributed by atoms with Gasteiger partial charge in [-0.1, -0.05) is 24.6 Å². The number of halogens is 1. The predicted octanol–water partition coefficient (Wildman–Crippen LogP) is 4.78. The standard InChI is InChI=1S/C21H19ClN2O6/c1-3-9-29-18-8-5-13(11-19(18)28-4-2)10-16-21(25)30-20(23-16)14-6-7-15(22)17(12-14)24(26)27/h5-8,10-12H,3-4,9H2,1-2H3/b16-10-. The summed E-state index contributed by atoms with van der Waals surface area (Å²) in [6.45, 7) is 4.90. The first-order valence-corrected chi connectivity index (χ1v) is 9.67. The van der Waals surface area contributed by atoms with Gasteiger partial charge in [0.15, 0.2) is 17.2 Å².